The van der Waals surface area contributed by atoms with Crippen LogP contribution in [0.4, 0.5) is 0 Å². The molecule has 4 atom stereocenters. The van der Waals surface area contributed by atoms with Gasteiger partial charge in [0.2, 0.25) is 0 Å². The predicted octanol–water partition coefficient (Wildman–Crippen LogP) is 3.68. The normalized spacial score (nSPS) is 17.2. The van der Waals surface area contributed by atoms with E-state index in [0.717, 1.165) is 6.54 Å². The number of rotatable bonds is 15. The summed E-state index contributed by atoms with van der Waals surface area (Å²) in [6, 6.07) is 1.62. The van der Waals surface area contributed by atoms with Crippen LogP contribution in [0.2, 0.25) is 0 Å². The zero-order valence-corrected chi connectivity index (χ0v) is 21.0. The van der Waals surface area contributed by atoms with Gasteiger partial charge in [-0.15, -0.1) is 0 Å². The van der Waals surface area contributed by atoms with Crippen LogP contribution in [0.1, 0.15) is 87.0 Å². The van der Waals surface area contributed by atoms with Crippen molar-refractivity contribution in [2.75, 3.05) is 13.2 Å². The number of nitrogens with one attached hydrogen (secondary N) is 3. The molecule has 0 heterocycles. The third kappa shape index (κ3) is 19.5. The molecule has 0 fully saturated rings. The fourth-order valence-corrected chi connectivity index (χ4v) is 4.04. The van der Waals surface area contributed by atoms with Crippen molar-refractivity contribution in [3.8, 4) is 0 Å². The minimum Gasteiger partial charge on any atom is -0.311 e. The van der Waals surface area contributed by atoms with Crippen LogP contribution in [0.15, 0.2) is 0 Å². The lowest BCUT2D eigenvalue weighted by atomic mass is 10.1. The van der Waals surface area contributed by atoms with Crippen LogP contribution in [0.5, 0.6) is 0 Å². The second kappa shape index (κ2) is 16.9. The second-order valence-electron chi connectivity index (χ2n) is 7.54. The van der Waals surface area contributed by atoms with Gasteiger partial charge < -0.3 is 5.32 Å². The molecule has 4 unspecified atom stereocenters. The molecule has 0 aliphatic heterocycles. The topological polar surface area (TPSA) is 99.7 Å². The standard InChI is InChI=1S/C17H40N3P.C2H6O4S/c1-7-10-14(4)18-13-17(21,19-15(5)11-8-2)20-16(6)12-9-3;1-2-6-7(3,4)5/h14-16,18-20H,7-13,21H2,1-6H3;2H2,1H3,(H,3,4,5). The lowest BCUT2D eigenvalue weighted by molar-refractivity contribution is 0.278. The molecule has 0 amide bonds. The van der Waals surface area contributed by atoms with Crippen molar-refractivity contribution in [2.45, 2.75) is 111 Å². The Kier molecular flexibility index (Phi) is 18.4. The first-order valence-electron chi connectivity index (χ1n) is 10.6. The van der Waals surface area contributed by atoms with Crippen LogP contribution in [-0.2, 0) is 14.6 Å². The average molecular weight is 444 g/mol. The highest BCUT2D eigenvalue weighted by atomic mass is 32.3. The molecule has 0 aromatic carbocycles. The van der Waals surface area contributed by atoms with Gasteiger partial charge in [-0.05, 0) is 47.0 Å². The van der Waals surface area contributed by atoms with Gasteiger partial charge in [-0.2, -0.15) is 8.42 Å². The number of hydrogen-bond donors (Lipinski definition) is 4. The quantitative estimate of drug-likeness (QED) is 0.174. The first kappa shape index (κ1) is 30.4. The third-order valence-electron chi connectivity index (χ3n) is 4.17. The Morgan fingerprint density at radius 2 is 1.29 bits per heavy atom. The van der Waals surface area contributed by atoms with Gasteiger partial charge in [0.05, 0.1) is 12.0 Å². The van der Waals surface area contributed by atoms with Gasteiger partial charge in [-0.1, -0.05) is 49.3 Å². The third-order valence-corrected chi connectivity index (χ3v) is 5.24. The summed E-state index contributed by atoms with van der Waals surface area (Å²) in [6.07, 6.45) is 7.33. The number of hydrogen-bond acceptors (Lipinski definition) is 6. The molecular formula is C19H46N3O4PS. The molecule has 9 heteroatoms. The maximum Gasteiger partial charge on any atom is 0.397 e. The van der Waals surface area contributed by atoms with E-state index in [1.165, 1.54) is 45.4 Å². The summed E-state index contributed by atoms with van der Waals surface area (Å²) in [4.78, 5) is 0. The monoisotopic (exact) mass is 443 g/mol. The zero-order valence-electron chi connectivity index (χ0n) is 19.0. The van der Waals surface area contributed by atoms with Gasteiger partial charge in [0, 0.05) is 24.7 Å². The summed E-state index contributed by atoms with van der Waals surface area (Å²) in [5.74, 6) is 0. The van der Waals surface area contributed by atoms with Crippen LogP contribution in [0.25, 0.3) is 0 Å². The van der Waals surface area contributed by atoms with Crippen molar-refractivity contribution in [3.63, 3.8) is 0 Å². The molecular weight excluding hydrogens is 397 g/mol. The molecule has 0 aromatic heterocycles. The minimum atomic E-state index is -4.17. The zero-order chi connectivity index (χ0) is 22.2. The molecule has 0 saturated heterocycles. The first-order valence-corrected chi connectivity index (χ1v) is 12.6. The Morgan fingerprint density at radius 3 is 1.57 bits per heavy atom. The predicted molar refractivity (Wildman–Crippen MR) is 123 cm³/mol. The molecule has 0 rings (SSSR count). The molecule has 7 nitrogen and oxygen atoms in total. The Bertz CT molecular complexity index is 452. The minimum absolute atomic E-state index is 0.0289. The first-order chi connectivity index (χ1) is 12.9. The van der Waals surface area contributed by atoms with Gasteiger partial charge in [0.15, 0.2) is 0 Å². The summed E-state index contributed by atoms with van der Waals surface area (Å²) in [5, 5.41) is 11.1. The maximum absolute atomic E-state index is 9.56. The van der Waals surface area contributed by atoms with E-state index in [4.69, 9.17) is 4.55 Å². The molecule has 0 aromatic rings. The largest absolute Gasteiger partial charge is 0.397 e. The molecule has 28 heavy (non-hydrogen) atoms. The van der Waals surface area contributed by atoms with E-state index in [9.17, 15) is 8.42 Å². The fraction of sp³-hybridized carbons (Fsp3) is 1.00. The van der Waals surface area contributed by atoms with E-state index in [2.05, 4.69) is 70.9 Å². The molecule has 0 radical (unpaired) electrons. The van der Waals surface area contributed by atoms with Crippen molar-refractivity contribution >= 4 is 19.6 Å². The molecule has 172 valence electrons. The molecule has 0 saturated carbocycles. The van der Waals surface area contributed by atoms with Crippen molar-refractivity contribution < 1.29 is 17.2 Å². The van der Waals surface area contributed by atoms with E-state index in [1.807, 2.05) is 0 Å². The van der Waals surface area contributed by atoms with E-state index < -0.39 is 10.4 Å². The lowest BCUT2D eigenvalue weighted by Gasteiger charge is -2.38. The van der Waals surface area contributed by atoms with Gasteiger partial charge in [-0.3, -0.25) is 15.2 Å². The van der Waals surface area contributed by atoms with Gasteiger partial charge >= 0.3 is 10.4 Å². The maximum atomic E-state index is 9.56. The Labute approximate surface area is 176 Å². The van der Waals surface area contributed by atoms with Crippen LogP contribution < -0.4 is 16.0 Å². The molecule has 0 aliphatic rings. The van der Waals surface area contributed by atoms with E-state index in [0.29, 0.717) is 18.1 Å². The van der Waals surface area contributed by atoms with Gasteiger partial charge in [0.1, 0.15) is 0 Å². The van der Waals surface area contributed by atoms with Gasteiger partial charge in [0.25, 0.3) is 0 Å². The Balaban J connectivity index is 0. The Hall–Kier alpha value is 0.180. The SMILES string of the molecule is CCCC(C)NCC(P)(NC(C)CCC)NC(C)CCC.CCOS(=O)(=O)O. The summed E-state index contributed by atoms with van der Waals surface area (Å²) >= 11 is 0. The van der Waals surface area contributed by atoms with E-state index in [-0.39, 0.29) is 12.0 Å². The Morgan fingerprint density at radius 1 is 0.893 bits per heavy atom. The van der Waals surface area contributed by atoms with Crippen molar-refractivity contribution in [2.24, 2.45) is 0 Å². The lowest BCUT2D eigenvalue weighted by Crippen LogP contribution is -2.63. The highest BCUT2D eigenvalue weighted by Gasteiger charge is 2.27. The van der Waals surface area contributed by atoms with Crippen LogP contribution in [0.3, 0.4) is 0 Å². The van der Waals surface area contributed by atoms with Crippen molar-refractivity contribution in [1.82, 2.24) is 16.0 Å². The van der Waals surface area contributed by atoms with Crippen LogP contribution >= 0.6 is 9.24 Å². The molecule has 0 bridgehead atoms. The van der Waals surface area contributed by atoms with Crippen molar-refractivity contribution in [3.05, 3.63) is 0 Å². The summed E-state index contributed by atoms with van der Waals surface area (Å²) in [6.45, 7) is 15.9. The smallest absolute Gasteiger partial charge is 0.311 e. The summed E-state index contributed by atoms with van der Waals surface area (Å²) < 4.78 is 30.7. The van der Waals surface area contributed by atoms with E-state index in [1.54, 1.807) is 0 Å². The molecule has 0 aliphatic carbocycles. The van der Waals surface area contributed by atoms with Crippen LogP contribution in [0, 0.1) is 0 Å². The highest BCUT2D eigenvalue weighted by Crippen LogP contribution is 2.16. The van der Waals surface area contributed by atoms with Crippen molar-refractivity contribution in [1.29, 1.82) is 0 Å². The van der Waals surface area contributed by atoms with Crippen LogP contribution in [-0.4, -0.2) is 49.7 Å². The summed E-state index contributed by atoms with van der Waals surface area (Å²) in [5.41, 5.74) is 0. The second-order valence-corrected chi connectivity index (χ2v) is 9.62. The fourth-order valence-electron chi connectivity index (χ4n) is 3.05. The van der Waals surface area contributed by atoms with Gasteiger partial charge in [-0.25, -0.2) is 4.18 Å². The van der Waals surface area contributed by atoms with E-state index >= 15 is 0 Å². The highest BCUT2D eigenvalue weighted by molar-refractivity contribution is 7.80. The summed E-state index contributed by atoms with van der Waals surface area (Å²) in [7, 11) is -1.15. The molecule has 0 spiro atoms. The molecule has 4 N–H and O–H groups in total. The average Bonchev–Trinajstić information content (AvgIpc) is 2.53.